The number of rotatable bonds is 27. The molecule has 10 rings (SSSR count). The number of hydrogen-bond donors (Lipinski definition) is 6. The van der Waals surface area contributed by atoms with E-state index >= 15 is 0 Å². The largest absolute Gasteiger partial charge is 0.481 e. The van der Waals surface area contributed by atoms with Gasteiger partial charge in [0, 0.05) is 42.8 Å². The van der Waals surface area contributed by atoms with E-state index in [1.807, 2.05) is 148 Å². The van der Waals surface area contributed by atoms with Gasteiger partial charge in [-0.2, -0.15) is 40.4 Å². The summed E-state index contributed by atoms with van der Waals surface area (Å²) in [4.78, 5) is 32.5. The zero-order valence-corrected chi connectivity index (χ0v) is 56.6. The Morgan fingerprint density at radius 2 is 0.891 bits per heavy atom. The van der Waals surface area contributed by atoms with Gasteiger partial charge in [0.25, 0.3) is 20.2 Å². The summed E-state index contributed by atoms with van der Waals surface area (Å²) < 4.78 is 55.4. The first-order valence-electron chi connectivity index (χ1n) is 30.3. The third-order valence-electron chi connectivity index (χ3n) is 16.3. The zero-order chi connectivity index (χ0) is 66.5. The molecule has 92 heavy (non-hydrogen) atoms. The number of aliphatic carboxylic acids is 2. The molecule has 6 N–H and O–H groups in total. The molecule has 0 aliphatic heterocycles. The number of thioether (sulfide) groups is 2. The lowest BCUT2D eigenvalue weighted by Gasteiger charge is -2.24. The second kappa shape index (κ2) is 31.2. The predicted octanol–water partition coefficient (Wildman–Crippen LogP) is 16.7. The van der Waals surface area contributed by atoms with Gasteiger partial charge in [0.15, 0.2) is 0 Å². The highest BCUT2D eigenvalue weighted by molar-refractivity contribution is 7.99. The number of benzene rings is 6. The van der Waals surface area contributed by atoms with Gasteiger partial charge in [-0.3, -0.25) is 18.7 Å². The van der Waals surface area contributed by atoms with Crippen molar-refractivity contribution in [3.8, 4) is 0 Å². The molecule has 486 valence electrons. The lowest BCUT2D eigenvalue weighted by atomic mass is 9.90. The Labute approximate surface area is 558 Å². The molecule has 14 nitrogen and oxygen atoms in total. The van der Waals surface area contributed by atoms with Crippen molar-refractivity contribution >= 4 is 125 Å². The molecule has 2 aromatic heterocycles. The number of fused-ring (bicyclic) bond motifs is 2. The van der Waals surface area contributed by atoms with Crippen molar-refractivity contribution in [2.24, 2.45) is 10.8 Å². The molecule has 2 aliphatic rings. The number of aryl methyl sites for hydroxylation is 2. The number of pyridine rings is 2. The minimum atomic E-state index is -4.30. The summed E-state index contributed by atoms with van der Waals surface area (Å²) in [5, 5.41) is 44.2. The smallest absolute Gasteiger partial charge is 0.303 e. The Balaban J connectivity index is 0.000000206. The van der Waals surface area contributed by atoms with Gasteiger partial charge in [-0.15, -0.1) is 0 Å². The van der Waals surface area contributed by atoms with E-state index < -0.39 is 54.9 Å². The monoisotopic (exact) mass is 1360 g/mol. The molecule has 0 unspecified atom stereocenters. The van der Waals surface area contributed by atoms with Crippen molar-refractivity contribution < 1.29 is 56.0 Å². The standard InChI is InChI=1S/2C35H36ClNO3S.C2H6O6S2/c2*1-34(2,40)30-9-4-3-7-25(30)13-17-32(41-23-35(18-19-35)22-33(38)39)27-8-5-6-24(20-27)10-15-29-16-12-26-11-14-28(36)21-31(26)37-29;3-9(4,5)1-2-10(6,7)8/h2*3-12,14-16,20-21,32,40H,13,17-19,22-23H2,1-2H3,(H,38,39);1-2H2,(H,3,4,5)(H,6,7,8)/b2*15-10+;/t2*32-;/m11./s1. The van der Waals surface area contributed by atoms with Crippen LogP contribution in [-0.2, 0) is 53.9 Å². The maximum Gasteiger partial charge on any atom is 0.303 e. The maximum absolute atomic E-state index is 11.5. The third-order valence-corrected chi connectivity index (χ3v) is 21.8. The molecule has 0 spiro atoms. The highest BCUT2D eigenvalue weighted by Crippen LogP contribution is 2.55. The van der Waals surface area contributed by atoms with E-state index in [1.165, 1.54) is 11.1 Å². The second-order valence-corrected chi connectivity index (χ2v) is 31.4. The first-order valence-corrected chi connectivity index (χ1v) is 36.4. The van der Waals surface area contributed by atoms with E-state index in [0.717, 1.165) is 129 Å². The van der Waals surface area contributed by atoms with Gasteiger partial charge in [-0.25, -0.2) is 9.97 Å². The van der Waals surface area contributed by atoms with Crippen LogP contribution in [0.4, 0.5) is 0 Å². The molecule has 6 aromatic carbocycles. The molecule has 2 aliphatic carbocycles. The molecule has 20 heteroatoms. The number of carboxylic acids is 2. The van der Waals surface area contributed by atoms with E-state index in [2.05, 4.69) is 84.9 Å². The molecule has 2 atom stereocenters. The summed E-state index contributed by atoms with van der Waals surface area (Å²) in [6, 6.07) is 52.9. The van der Waals surface area contributed by atoms with E-state index in [0.29, 0.717) is 10.0 Å². The van der Waals surface area contributed by atoms with Gasteiger partial charge in [-0.1, -0.05) is 157 Å². The normalized spacial score (nSPS) is 15.1. The number of carbonyl (C=O) groups is 2. The van der Waals surface area contributed by atoms with E-state index in [1.54, 1.807) is 0 Å². The van der Waals surface area contributed by atoms with Crippen molar-refractivity contribution in [3.05, 3.63) is 224 Å². The Morgan fingerprint density at radius 3 is 1.24 bits per heavy atom. The van der Waals surface area contributed by atoms with Gasteiger partial charge in [0.05, 0.1) is 58.0 Å². The van der Waals surface area contributed by atoms with Gasteiger partial charge >= 0.3 is 11.9 Å². The molecule has 8 aromatic rings. The van der Waals surface area contributed by atoms with Gasteiger partial charge < -0.3 is 20.4 Å². The van der Waals surface area contributed by atoms with Crippen LogP contribution in [0, 0.1) is 10.8 Å². The van der Waals surface area contributed by atoms with Crippen LogP contribution in [0.25, 0.3) is 46.1 Å². The van der Waals surface area contributed by atoms with Crippen LogP contribution in [0.15, 0.2) is 158 Å². The van der Waals surface area contributed by atoms with E-state index in [4.69, 9.17) is 42.3 Å². The number of halogens is 2. The lowest BCUT2D eigenvalue weighted by Crippen LogP contribution is -2.18. The summed E-state index contributed by atoms with van der Waals surface area (Å²) in [7, 11) is -8.59. The summed E-state index contributed by atoms with van der Waals surface area (Å²) in [6.45, 7) is 7.32. The SMILES string of the molecule is CC(C)(O)c1ccccc1CC[C@@H](SCC1(CC(=O)O)CC1)c1cccc(/C=C/c2ccc3ccc(Cl)cc3n2)c1.CC(C)(O)c1ccccc1CC[C@@H](SCC1(CC(=O)O)CC1)c1cccc(/C=C/c2ccc3ccc(Cl)cc3n2)c1.O=S(=O)(O)CCS(=O)(=O)O. The summed E-state index contributed by atoms with van der Waals surface area (Å²) >= 11 is 16.1. The first kappa shape index (κ1) is 71.4. The van der Waals surface area contributed by atoms with Crippen LogP contribution in [0.2, 0.25) is 10.0 Å². The minimum absolute atomic E-state index is 0.0814. The topological polar surface area (TPSA) is 250 Å². The Hall–Kier alpha value is -6.42. The van der Waals surface area contributed by atoms with Crippen molar-refractivity contribution in [1.29, 1.82) is 0 Å². The van der Waals surface area contributed by atoms with Crippen LogP contribution in [0.3, 0.4) is 0 Å². The fourth-order valence-corrected chi connectivity index (χ4v) is 16.1. The van der Waals surface area contributed by atoms with E-state index in [-0.39, 0.29) is 34.2 Å². The van der Waals surface area contributed by atoms with Crippen LogP contribution < -0.4 is 0 Å². The number of aromatic nitrogens is 2. The maximum atomic E-state index is 11.5. The number of carboxylic acid groups (broad SMARTS) is 2. The van der Waals surface area contributed by atoms with Crippen molar-refractivity contribution in [2.75, 3.05) is 23.0 Å². The quantitative estimate of drug-likeness (QED) is 0.0262. The second-order valence-electron chi connectivity index (χ2n) is 25.0. The van der Waals surface area contributed by atoms with Crippen LogP contribution >= 0.6 is 46.7 Å². The first-order chi connectivity index (χ1) is 43.4. The fourth-order valence-electron chi connectivity index (χ4n) is 10.9. The average molecular weight is 1360 g/mol. The number of nitrogens with zero attached hydrogens (tertiary/aromatic N) is 2. The number of aliphatic hydroxyl groups is 2. The van der Waals surface area contributed by atoms with Crippen molar-refractivity contribution in [3.63, 3.8) is 0 Å². The summed E-state index contributed by atoms with van der Waals surface area (Å²) in [6.07, 6.45) is 16.0. The van der Waals surface area contributed by atoms with Gasteiger partial charge in [-0.05, 0) is 183 Å². The third kappa shape index (κ3) is 22.7. The molecule has 0 radical (unpaired) electrons. The molecule has 2 saturated carbocycles. The van der Waals surface area contributed by atoms with Gasteiger partial charge in [0.1, 0.15) is 0 Å². The van der Waals surface area contributed by atoms with Gasteiger partial charge in [0.2, 0.25) is 0 Å². The van der Waals surface area contributed by atoms with Crippen molar-refractivity contribution in [2.45, 2.75) is 114 Å². The Kier molecular flexibility index (Phi) is 24.2. The van der Waals surface area contributed by atoms with E-state index in [9.17, 15) is 46.9 Å². The van der Waals surface area contributed by atoms with Crippen LogP contribution in [-0.4, -0.2) is 91.3 Å². The van der Waals surface area contributed by atoms with Crippen LogP contribution in [0.5, 0.6) is 0 Å². The number of hydrogen-bond acceptors (Lipinski definition) is 12. The Bertz CT molecular complexity index is 3930. The van der Waals surface area contributed by atoms with Crippen LogP contribution in [0.1, 0.15) is 145 Å². The predicted molar refractivity (Wildman–Crippen MR) is 375 cm³/mol. The molecule has 0 amide bonds. The molecule has 2 heterocycles. The fraction of sp³-hybridized carbons (Fsp3) is 0.333. The minimum Gasteiger partial charge on any atom is -0.481 e. The summed E-state index contributed by atoms with van der Waals surface area (Å²) in [5.41, 5.74) is 10.3. The highest BCUT2D eigenvalue weighted by Gasteiger charge is 2.45. The molecule has 2 fully saturated rings. The molecular formula is C72H78Cl2N2O12S4. The molecule has 0 bridgehead atoms. The molecular weight excluding hydrogens is 1280 g/mol. The zero-order valence-electron chi connectivity index (χ0n) is 51.8. The molecule has 0 saturated heterocycles. The summed E-state index contributed by atoms with van der Waals surface area (Å²) in [5.74, 6) is -1.72. The highest BCUT2D eigenvalue weighted by atomic mass is 35.5. The Morgan fingerprint density at radius 1 is 0.522 bits per heavy atom. The average Bonchev–Trinajstić information content (AvgIpc) is 1.61. The lowest BCUT2D eigenvalue weighted by molar-refractivity contribution is -0.139. The van der Waals surface area contributed by atoms with Crippen molar-refractivity contribution in [1.82, 2.24) is 9.97 Å².